The van der Waals surface area contributed by atoms with E-state index in [1.807, 2.05) is 31.2 Å². The molecule has 2 aromatic rings. The van der Waals surface area contributed by atoms with Gasteiger partial charge in [-0.1, -0.05) is 13.3 Å². The van der Waals surface area contributed by atoms with Gasteiger partial charge < -0.3 is 20.1 Å². The Morgan fingerprint density at radius 2 is 1.54 bits per heavy atom. The Bertz CT molecular complexity index is 715. The lowest BCUT2D eigenvalue weighted by Gasteiger charge is -2.11. The second kappa shape index (κ2) is 10.4. The quantitative estimate of drug-likeness (QED) is 0.392. The van der Waals surface area contributed by atoms with E-state index < -0.39 is 0 Å². The Morgan fingerprint density at radius 1 is 0.962 bits per heavy atom. The molecule has 0 atom stereocenters. The molecule has 138 valence electrons. The average Bonchev–Trinajstić information content (AvgIpc) is 2.64. The van der Waals surface area contributed by atoms with Crippen LogP contribution in [0.5, 0.6) is 5.75 Å². The van der Waals surface area contributed by atoms with Crippen molar-refractivity contribution in [2.24, 2.45) is 0 Å². The molecule has 2 N–H and O–H groups in total. The summed E-state index contributed by atoms with van der Waals surface area (Å²) in [6.45, 7) is 5.08. The normalized spacial score (nSPS) is 10.1. The molecular formula is C20H24N2O3S. The van der Waals surface area contributed by atoms with Crippen molar-refractivity contribution in [1.82, 2.24) is 0 Å². The third-order valence-corrected chi connectivity index (χ3v) is 3.74. The highest BCUT2D eigenvalue weighted by molar-refractivity contribution is 7.80. The highest BCUT2D eigenvalue weighted by Crippen LogP contribution is 2.16. The molecule has 0 spiro atoms. The molecule has 0 bridgehead atoms. The first-order valence-corrected chi connectivity index (χ1v) is 9.11. The minimum atomic E-state index is -0.305. The third kappa shape index (κ3) is 6.37. The minimum absolute atomic E-state index is 0.305. The number of benzene rings is 2. The van der Waals surface area contributed by atoms with Gasteiger partial charge in [0.2, 0.25) is 0 Å². The molecule has 6 heteroatoms. The van der Waals surface area contributed by atoms with Crippen molar-refractivity contribution in [2.75, 3.05) is 23.8 Å². The number of carbonyl (C=O) groups excluding carboxylic acids is 1. The number of esters is 1. The van der Waals surface area contributed by atoms with Crippen LogP contribution < -0.4 is 15.4 Å². The monoisotopic (exact) mass is 372 g/mol. The van der Waals surface area contributed by atoms with Gasteiger partial charge in [-0.05, 0) is 74.1 Å². The number of hydrogen-bond donors (Lipinski definition) is 2. The van der Waals surface area contributed by atoms with Crippen LogP contribution in [0.1, 0.15) is 37.0 Å². The number of ether oxygens (including phenoxy) is 2. The lowest BCUT2D eigenvalue weighted by atomic mass is 10.2. The summed E-state index contributed by atoms with van der Waals surface area (Å²) in [5, 5.41) is 6.66. The van der Waals surface area contributed by atoms with Gasteiger partial charge in [0.05, 0.1) is 18.8 Å². The molecule has 0 fully saturated rings. The maximum atomic E-state index is 11.9. The summed E-state index contributed by atoms with van der Waals surface area (Å²) in [5.74, 6) is 0.512. The first-order valence-electron chi connectivity index (χ1n) is 8.70. The van der Waals surface area contributed by atoms with E-state index in [9.17, 15) is 4.79 Å². The molecule has 0 aromatic heterocycles. The maximum absolute atomic E-state index is 11.9. The molecule has 0 amide bonds. The fraction of sp³-hybridized carbons (Fsp3) is 0.300. The van der Waals surface area contributed by atoms with Crippen molar-refractivity contribution in [2.45, 2.75) is 26.7 Å². The summed E-state index contributed by atoms with van der Waals surface area (Å²) in [6.07, 6.45) is 1.87. The van der Waals surface area contributed by atoms with E-state index >= 15 is 0 Å². The molecule has 0 unspecified atom stereocenters. The first-order chi connectivity index (χ1) is 12.6. The van der Waals surface area contributed by atoms with Crippen LogP contribution in [0.25, 0.3) is 0 Å². The van der Waals surface area contributed by atoms with E-state index in [1.165, 1.54) is 0 Å². The molecular weight excluding hydrogens is 348 g/mol. The predicted molar refractivity (Wildman–Crippen MR) is 109 cm³/mol. The Morgan fingerprint density at radius 3 is 2.08 bits per heavy atom. The number of hydrogen-bond acceptors (Lipinski definition) is 4. The number of carbonyl (C=O) groups is 1. The molecule has 0 saturated carbocycles. The minimum Gasteiger partial charge on any atom is -0.494 e. The summed E-state index contributed by atoms with van der Waals surface area (Å²) in [5.41, 5.74) is 2.18. The van der Waals surface area contributed by atoms with E-state index in [0.717, 1.165) is 30.0 Å². The smallest absolute Gasteiger partial charge is 0.338 e. The molecule has 2 rings (SSSR count). The fourth-order valence-electron chi connectivity index (χ4n) is 2.18. The number of nitrogens with one attached hydrogen (secondary N) is 2. The van der Waals surface area contributed by atoms with Gasteiger partial charge in [-0.25, -0.2) is 4.79 Å². The van der Waals surface area contributed by atoms with Crippen LogP contribution in [0.4, 0.5) is 11.4 Å². The van der Waals surface area contributed by atoms with E-state index in [1.54, 1.807) is 24.3 Å². The molecule has 0 aliphatic rings. The largest absolute Gasteiger partial charge is 0.494 e. The second-order valence-corrected chi connectivity index (χ2v) is 6.01. The standard InChI is InChI=1S/C20H24N2O3S/c1-3-5-14-25-19(23)15-6-8-16(9-7-15)21-20(26)22-17-10-12-18(13-11-17)24-4-2/h6-13H,3-5,14H2,1-2H3,(H2,21,22,26). The molecule has 0 radical (unpaired) electrons. The topological polar surface area (TPSA) is 59.6 Å². The van der Waals surface area contributed by atoms with Crippen molar-refractivity contribution in [3.63, 3.8) is 0 Å². The first kappa shape index (κ1) is 19.7. The van der Waals surface area contributed by atoms with Crippen molar-refractivity contribution in [3.05, 3.63) is 54.1 Å². The van der Waals surface area contributed by atoms with Crippen LogP contribution in [0, 0.1) is 0 Å². The summed E-state index contributed by atoms with van der Waals surface area (Å²) < 4.78 is 10.6. The van der Waals surface area contributed by atoms with Crippen molar-refractivity contribution in [1.29, 1.82) is 0 Å². The van der Waals surface area contributed by atoms with E-state index in [0.29, 0.717) is 23.9 Å². The molecule has 2 aromatic carbocycles. The molecule has 26 heavy (non-hydrogen) atoms. The lowest BCUT2D eigenvalue weighted by Crippen LogP contribution is -2.19. The van der Waals surface area contributed by atoms with Gasteiger partial charge >= 0.3 is 5.97 Å². The van der Waals surface area contributed by atoms with Crippen LogP contribution in [0.3, 0.4) is 0 Å². The molecule has 0 saturated heterocycles. The van der Waals surface area contributed by atoms with E-state index in [2.05, 4.69) is 17.6 Å². The highest BCUT2D eigenvalue weighted by atomic mass is 32.1. The zero-order chi connectivity index (χ0) is 18.8. The van der Waals surface area contributed by atoms with Crippen LogP contribution in [0.15, 0.2) is 48.5 Å². The Hall–Kier alpha value is -2.60. The lowest BCUT2D eigenvalue weighted by molar-refractivity contribution is 0.0500. The summed E-state index contributed by atoms with van der Waals surface area (Å²) in [6, 6.07) is 14.6. The third-order valence-electron chi connectivity index (χ3n) is 3.53. The van der Waals surface area contributed by atoms with Crippen molar-refractivity contribution in [3.8, 4) is 5.75 Å². The summed E-state index contributed by atoms with van der Waals surface area (Å²) >= 11 is 5.31. The van der Waals surface area contributed by atoms with Gasteiger partial charge in [-0.15, -0.1) is 0 Å². The average molecular weight is 372 g/mol. The Kier molecular flexibility index (Phi) is 7.89. The van der Waals surface area contributed by atoms with Gasteiger partial charge in [-0.2, -0.15) is 0 Å². The van der Waals surface area contributed by atoms with Gasteiger partial charge in [-0.3, -0.25) is 0 Å². The Balaban J connectivity index is 1.85. The number of rotatable bonds is 8. The molecule has 0 heterocycles. The SMILES string of the molecule is CCCCOC(=O)c1ccc(NC(=S)Nc2ccc(OCC)cc2)cc1. The van der Waals surface area contributed by atoms with Crippen molar-refractivity contribution < 1.29 is 14.3 Å². The van der Waals surface area contributed by atoms with Gasteiger partial charge in [0.15, 0.2) is 5.11 Å². The molecule has 0 aliphatic carbocycles. The summed E-state index contributed by atoms with van der Waals surface area (Å²) in [4.78, 5) is 11.9. The van der Waals surface area contributed by atoms with E-state index in [-0.39, 0.29) is 5.97 Å². The highest BCUT2D eigenvalue weighted by Gasteiger charge is 2.07. The zero-order valence-electron chi connectivity index (χ0n) is 15.1. The number of thiocarbonyl (C=S) groups is 1. The van der Waals surface area contributed by atoms with Crippen LogP contribution in [-0.2, 0) is 4.74 Å². The van der Waals surface area contributed by atoms with Crippen molar-refractivity contribution >= 4 is 34.7 Å². The van der Waals surface area contributed by atoms with Crippen LogP contribution >= 0.6 is 12.2 Å². The van der Waals surface area contributed by atoms with Gasteiger partial charge in [0.1, 0.15) is 5.75 Å². The maximum Gasteiger partial charge on any atom is 0.338 e. The summed E-state index contributed by atoms with van der Waals surface area (Å²) in [7, 11) is 0. The number of anilines is 2. The fourth-order valence-corrected chi connectivity index (χ4v) is 2.41. The van der Waals surface area contributed by atoms with Crippen LogP contribution in [0.2, 0.25) is 0 Å². The van der Waals surface area contributed by atoms with Gasteiger partial charge in [0.25, 0.3) is 0 Å². The predicted octanol–water partition coefficient (Wildman–Crippen LogP) is 4.85. The molecule has 0 aliphatic heterocycles. The molecule has 5 nitrogen and oxygen atoms in total. The zero-order valence-corrected chi connectivity index (χ0v) is 15.9. The second-order valence-electron chi connectivity index (χ2n) is 5.60. The van der Waals surface area contributed by atoms with Crippen LogP contribution in [-0.4, -0.2) is 24.3 Å². The Labute approximate surface area is 159 Å². The number of unbranched alkanes of at least 4 members (excludes halogenated alkanes) is 1. The van der Waals surface area contributed by atoms with E-state index in [4.69, 9.17) is 21.7 Å². The van der Waals surface area contributed by atoms with Gasteiger partial charge in [0, 0.05) is 11.4 Å².